The van der Waals surface area contributed by atoms with Crippen LogP contribution in [-0.2, 0) is 80.8 Å². The van der Waals surface area contributed by atoms with Gasteiger partial charge in [-0.15, -0.1) is 0 Å². The molecule has 137 heavy (non-hydrogen) atoms. The van der Waals surface area contributed by atoms with Crippen LogP contribution >= 0.6 is 0 Å². The van der Waals surface area contributed by atoms with Crippen molar-refractivity contribution >= 4 is 91.0 Å². The van der Waals surface area contributed by atoms with Crippen LogP contribution in [0.15, 0.2) is 298 Å². The maximum absolute atomic E-state index is 7.56. The van der Waals surface area contributed by atoms with E-state index in [2.05, 4.69) is 443 Å². The smallest absolute Gasteiger partial charge is 0.214 e. The number of benzene rings is 9. The van der Waals surface area contributed by atoms with Crippen molar-refractivity contribution in [1.29, 1.82) is 0 Å². The first-order valence-electron chi connectivity index (χ1n) is 48.6. The van der Waals surface area contributed by atoms with Gasteiger partial charge in [-0.05, 0) is 166 Å². The van der Waals surface area contributed by atoms with E-state index < -0.39 is 6.85 Å². The molecule has 6 aliphatic heterocycles. The highest BCUT2D eigenvalue weighted by atomic mass is 15.2. The minimum atomic E-state index is -2.08. The first-order valence-corrected chi connectivity index (χ1v) is 47.1. The lowest BCUT2D eigenvalue weighted by atomic mass is 9.97. The predicted molar refractivity (Wildman–Crippen MR) is 551 cm³/mol. The van der Waals surface area contributed by atoms with Crippen LogP contribution in [0.25, 0.3) is 181 Å². The molecule has 0 unspecified atom stereocenters. The maximum Gasteiger partial charge on any atom is 0.214 e. The van der Waals surface area contributed by atoms with E-state index in [4.69, 9.17) is 34.0 Å². The van der Waals surface area contributed by atoms with E-state index in [1.807, 2.05) is 20.0 Å². The molecule has 12 aromatic heterocycles. The van der Waals surface area contributed by atoms with Gasteiger partial charge in [0, 0.05) is 137 Å². The molecule has 18 nitrogen and oxygen atoms in total. The van der Waals surface area contributed by atoms with Crippen LogP contribution < -0.4 is 27.4 Å². The van der Waals surface area contributed by atoms with Crippen LogP contribution in [-0.4, -0.2) is 57.3 Å². The Hall–Kier alpha value is -16.3. The lowest BCUT2D eigenvalue weighted by Crippen LogP contribution is -2.31. The molecule has 0 fully saturated rings. The van der Waals surface area contributed by atoms with Crippen LogP contribution in [0.3, 0.4) is 0 Å². The summed E-state index contributed by atoms with van der Waals surface area (Å²) in [6.45, 7) is 15.0. The Kier molecular flexibility index (Phi) is 21.0. The summed E-state index contributed by atoms with van der Waals surface area (Å²) in [7, 11) is 12.6. The summed E-state index contributed by atoms with van der Waals surface area (Å²) >= 11 is 0. The Morgan fingerprint density at radius 3 is 0.898 bits per heavy atom. The molecule has 0 saturated heterocycles. The van der Waals surface area contributed by atoms with Crippen LogP contribution in [0.4, 0.5) is 0 Å². The average Bonchev–Trinajstić information content (AvgIpc) is 1.59. The fraction of sp³-hybridized carbons (Fsp3) is 0.176. The summed E-state index contributed by atoms with van der Waals surface area (Å²) in [6.07, 6.45) is 35.4. The summed E-state index contributed by atoms with van der Waals surface area (Å²) in [5.74, 6) is 6.69. The number of pyridine rings is 6. The fourth-order valence-electron chi connectivity index (χ4n) is 20.7. The number of hydrogen-bond acceptors (Lipinski definition) is 6. The molecule has 0 saturated carbocycles. The number of rotatable bonds is 7. The molecular formula is C119H110N18+6. The minimum Gasteiger partial charge on any atom is -0.298 e. The number of para-hydroxylation sites is 2. The number of imidazole rings is 6. The second kappa shape index (κ2) is 34.9. The van der Waals surface area contributed by atoms with Crippen molar-refractivity contribution in [3.63, 3.8) is 0 Å². The molecule has 0 amide bonds. The minimum absolute atomic E-state index is 0.374. The van der Waals surface area contributed by atoms with Crippen LogP contribution in [0.5, 0.6) is 0 Å². The molecule has 0 atom stereocenters. The van der Waals surface area contributed by atoms with E-state index >= 15 is 0 Å². The fourth-order valence-corrected chi connectivity index (χ4v) is 20.7. The van der Waals surface area contributed by atoms with Crippen molar-refractivity contribution in [1.82, 2.24) is 57.3 Å². The Morgan fingerprint density at radius 1 is 0.248 bits per heavy atom. The molecule has 18 heterocycles. The molecule has 0 bridgehead atoms. The maximum atomic E-state index is 7.56. The van der Waals surface area contributed by atoms with Gasteiger partial charge in [-0.25, -0.2) is 29.9 Å². The second-order valence-electron chi connectivity index (χ2n) is 37.2. The number of fused-ring (bicyclic) bond motifs is 22. The van der Waals surface area contributed by atoms with E-state index in [-0.39, 0.29) is 0 Å². The zero-order valence-electron chi connectivity index (χ0n) is 82.9. The lowest BCUT2D eigenvalue weighted by molar-refractivity contribution is -0.659. The summed E-state index contributed by atoms with van der Waals surface area (Å²) in [4.78, 5) is 28.9. The summed E-state index contributed by atoms with van der Waals surface area (Å²) in [5, 5.41) is 0. The number of aromatic nitrogens is 18. The van der Waals surface area contributed by atoms with Gasteiger partial charge in [-0.1, -0.05) is 193 Å². The highest BCUT2D eigenvalue weighted by molar-refractivity contribution is 5.88. The quantitative estimate of drug-likeness (QED) is 0.146. The van der Waals surface area contributed by atoms with Gasteiger partial charge in [0.2, 0.25) is 34.2 Å². The summed E-state index contributed by atoms with van der Waals surface area (Å²) < 4.78 is 49.0. The normalized spacial score (nSPS) is 13.2. The van der Waals surface area contributed by atoms with E-state index in [9.17, 15) is 0 Å². The standard InChI is InChI=1S/C23H20N3.C22H20N3.C21H18N3.2C18H18N3.C17H16N3/c1-16-10-11-18(17-7-4-3-5-8-17)13-19(16)21-14-20-22(15-25(21)2)26-12-6-9-23(26)24-20;1-14-8-9-17(15(2)10-14)20-12-18-21(13-24(20)3)25-19-7-5-4-6-16(19)11-22(25)23-18;1-14-7-3-5-9-16(14)19-12-17-20(13-23(19)2)24-18-10-6-4-8-15(18)11-21(24)22-17;2*1-12-6-7-14(13(2)9-12)16-10-15-17(11-20(16)3)21-8-4-5-18(21)19-15;1-12-6-3-4-7-13(12)15-10-14-16(11-19(15)2)20-9-5-8-17(20)18-14/h3-8,10-15H,9H2,1-2H3;4-10,12-13H,11H2,1-3H3;3-10,12-13H,11H2,1-2H3;2*4,6-11H,5H2,1-3H3;3-7,9-11H,8H2,1-2H3/q6*+1/i;;;1D3;;. The first kappa shape index (κ1) is 82.6. The van der Waals surface area contributed by atoms with E-state index in [0.29, 0.717) is 5.56 Å². The molecule has 0 radical (unpaired) electrons. The zero-order chi connectivity index (χ0) is 96.4. The second-order valence-corrected chi connectivity index (χ2v) is 37.2. The third kappa shape index (κ3) is 15.8. The van der Waals surface area contributed by atoms with Gasteiger partial charge in [0.25, 0.3) is 0 Å². The molecule has 21 aromatic rings. The molecule has 0 spiro atoms. The topological polar surface area (TPSA) is 130 Å². The van der Waals surface area contributed by atoms with Crippen LogP contribution in [0.1, 0.15) is 100 Å². The molecule has 0 aliphatic carbocycles. The van der Waals surface area contributed by atoms with Crippen molar-refractivity contribution in [2.45, 2.75) is 101 Å². The van der Waals surface area contributed by atoms with Gasteiger partial charge in [0.1, 0.15) is 143 Å². The van der Waals surface area contributed by atoms with Crippen LogP contribution in [0.2, 0.25) is 0 Å². The number of hydrogen-bond donors (Lipinski definition) is 0. The van der Waals surface area contributed by atoms with E-state index in [1.54, 1.807) is 12.1 Å². The predicted octanol–water partition coefficient (Wildman–Crippen LogP) is 21.5. The van der Waals surface area contributed by atoms with Crippen LogP contribution in [0, 0.1) is 62.2 Å². The lowest BCUT2D eigenvalue weighted by Gasteiger charge is -2.08. The van der Waals surface area contributed by atoms with Gasteiger partial charge >= 0.3 is 0 Å². The van der Waals surface area contributed by atoms with Gasteiger partial charge in [0.15, 0.2) is 37.2 Å². The number of allylic oxidation sites excluding steroid dienone is 4. The first-order chi connectivity index (χ1) is 67.7. The Morgan fingerprint density at radius 2 is 0.540 bits per heavy atom. The Labute approximate surface area is 802 Å². The van der Waals surface area contributed by atoms with E-state index in [0.717, 1.165) is 134 Å². The summed E-state index contributed by atoms with van der Waals surface area (Å²) in [6, 6.07) is 83.1. The van der Waals surface area contributed by atoms with Crippen molar-refractivity contribution < 1.29 is 31.5 Å². The van der Waals surface area contributed by atoms with Gasteiger partial charge in [-0.2, -0.15) is 27.4 Å². The third-order valence-corrected chi connectivity index (χ3v) is 27.7. The van der Waals surface area contributed by atoms with Gasteiger partial charge in [-0.3, -0.25) is 27.4 Å². The Bertz CT molecular complexity index is 8800. The number of nitrogens with zero attached hydrogens (tertiary/aromatic N) is 18. The SMILES string of the molecule is Cc1ccc(-c2cc3nc4n(c3c[n+]2C)-c2ccccc2C4)c(C)c1.Cc1ccc(-c2cc3nc4n(c3c[n+]2C)C=CC4)c(C)c1.Cc1ccc(-c2ccccc2)cc1-c1cc2nc3n(c2c[n+]1C)C=CC3.Cc1ccccc1-c1cc2nc3n(c2c[n+]1C)-c1ccccc1C3.Cc1ccccc1-c1cc2nc3n(c2c[n+]1C)C=CC3.[2H]C([2H])([2H])c1ccc(-c2cc3nc4n(c3c[n+]2C)C=CC4)c(C)c1. The van der Waals surface area contributed by atoms with E-state index in [1.165, 1.54) is 151 Å². The highest BCUT2D eigenvalue weighted by Gasteiger charge is 2.31. The summed E-state index contributed by atoms with van der Waals surface area (Å²) in [5.41, 5.74) is 45.7. The molecule has 9 aromatic carbocycles. The molecule has 6 aliphatic rings. The van der Waals surface area contributed by atoms with Gasteiger partial charge in [0.05, 0.1) is 11.4 Å². The molecule has 18 heteroatoms. The van der Waals surface area contributed by atoms with Crippen molar-refractivity contribution in [3.8, 4) is 90.0 Å². The van der Waals surface area contributed by atoms with Crippen molar-refractivity contribution in [3.05, 3.63) is 394 Å². The third-order valence-electron chi connectivity index (χ3n) is 27.7. The molecule has 0 N–H and O–H groups in total. The molecule has 27 rings (SSSR count). The van der Waals surface area contributed by atoms with Crippen molar-refractivity contribution in [2.24, 2.45) is 42.3 Å². The number of aryl methyl sites for hydroxylation is 15. The molecular weight excluding hydrogens is 1680 g/mol. The monoisotopic (exact) mass is 1790 g/mol. The van der Waals surface area contributed by atoms with Crippen molar-refractivity contribution in [2.75, 3.05) is 0 Å². The Balaban J connectivity index is 0.0000000968. The average molecular weight is 1800 g/mol. The zero-order valence-corrected chi connectivity index (χ0v) is 79.9. The largest absolute Gasteiger partial charge is 0.298 e. The molecule has 670 valence electrons. The van der Waals surface area contributed by atoms with Gasteiger partial charge < -0.3 is 0 Å². The highest BCUT2D eigenvalue weighted by Crippen LogP contribution is 2.39.